The van der Waals surface area contributed by atoms with Gasteiger partial charge in [0.15, 0.2) is 5.03 Å². The lowest BCUT2D eigenvalue weighted by Crippen LogP contribution is -2.17. The van der Waals surface area contributed by atoms with E-state index in [9.17, 15) is 8.42 Å². The molecule has 0 spiro atoms. The van der Waals surface area contributed by atoms with Crippen molar-refractivity contribution in [2.45, 2.75) is 31.7 Å². The predicted molar refractivity (Wildman–Crippen MR) is 68.0 cm³/mol. The van der Waals surface area contributed by atoms with Gasteiger partial charge in [0.1, 0.15) is 0 Å². The van der Waals surface area contributed by atoms with E-state index in [0.717, 1.165) is 11.4 Å². The lowest BCUT2D eigenvalue weighted by Gasteiger charge is -2.07. The van der Waals surface area contributed by atoms with Crippen LogP contribution in [-0.2, 0) is 22.9 Å². The number of rotatable bonds is 5. The number of anilines is 1. The highest BCUT2D eigenvalue weighted by Gasteiger charge is 2.18. The summed E-state index contributed by atoms with van der Waals surface area (Å²) in [4.78, 5) is 4.16. The first-order valence-corrected chi connectivity index (χ1v) is 7.29. The minimum atomic E-state index is -3.75. The van der Waals surface area contributed by atoms with Crippen molar-refractivity contribution in [2.75, 3.05) is 4.72 Å². The topological polar surface area (TPSA) is 114 Å². The quantitative estimate of drug-likeness (QED) is 0.826. The number of nitrogens with zero attached hydrogens (tertiary/aromatic N) is 4. The van der Waals surface area contributed by atoms with Crippen LogP contribution in [0.4, 0.5) is 5.95 Å². The molecule has 0 amide bonds. The first-order valence-electron chi connectivity index (χ1n) is 5.81. The maximum atomic E-state index is 11.9. The maximum absolute atomic E-state index is 11.9. The number of H-pyrrole nitrogens is 1. The van der Waals surface area contributed by atoms with Gasteiger partial charge in [-0.2, -0.15) is 13.5 Å². The Kier molecular flexibility index (Phi) is 3.74. The van der Waals surface area contributed by atoms with Crippen LogP contribution in [-0.4, -0.2) is 33.8 Å². The highest BCUT2D eigenvalue weighted by Crippen LogP contribution is 2.11. The standard InChI is InChI=1S/C10H14N6O2S/c1-3-7-8(4-2)13-15-10(12-7)16-19(17,18)9-5-6-11-14-9/h5-6H,3-4H2,1-2H3,(H,11,14)(H,12,15,16). The van der Waals surface area contributed by atoms with E-state index in [1.807, 2.05) is 13.8 Å². The van der Waals surface area contributed by atoms with Crippen molar-refractivity contribution in [2.24, 2.45) is 0 Å². The molecule has 2 heterocycles. The third-order valence-corrected chi connectivity index (χ3v) is 3.76. The van der Waals surface area contributed by atoms with E-state index < -0.39 is 10.0 Å². The summed E-state index contributed by atoms with van der Waals surface area (Å²) in [6.07, 6.45) is 2.72. The van der Waals surface area contributed by atoms with Gasteiger partial charge in [0, 0.05) is 0 Å². The number of nitrogens with one attached hydrogen (secondary N) is 2. The molecule has 0 aromatic carbocycles. The van der Waals surface area contributed by atoms with E-state index >= 15 is 0 Å². The van der Waals surface area contributed by atoms with Gasteiger partial charge in [-0.25, -0.2) is 9.71 Å². The van der Waals surface area contributed by atoms with Gasteiger partial charge in [0.25, 0.3) is 16.0 Å². The first-order chi connectivity index (χ1) is 9.06. The van der Waals surface area contributed by atoms with E-state index in [4.69, 9.17) is 0 Å². The fraction of sp³-hybridized carbons (Fsp3) is 0.400. The smallest absolute Gasteiger partial charge is 0.266 e. The van der Waals surface area contributed by atoms with Crippen molar-refractivity contribution < 1.29 is 8.42 Å². The molecule has 0 unspecified atom stereocenters. The number of hydrogen-bond acceptors (Lipinski definition) is 6. The molecule has 0 aliphatic heterocycles. The van der Waals surface area contributed by atoms with Crippen molar-refractivity contribution in [1.82, 2.24) is 25.4 Å². The van der Waals surface area contributed by atoms with Crippen molar-refractivity contribution in [3.8, 4) is 0 Å². The molecule has 19 heavy (non-hydrogen) atoms. The Bertz CT molecular complexity index is 653. The number of aromatic nitrogens is 5. The van der Waals surface area contributed by atoms with Crippen LogP contribution < -0.4 is 4.72 Å². The third-order valence-electron chi connectivity index (χ3n) is 2.50. The van der Waals surface area contributed by atoms with E-state index in [1.54, 1.807) is 0 Å². The summed E-state index contributed by atoms with van der Waals surface area (Å²) in [5.41, 5.74) is 1.51. The summed E-state index contributed by atoms with van der Waals surface area (Å²) in [5, 5.41) is 13.7. The third kappa shape index (κ3) is 2.87. The average molecular weight is 282 g/mol. The van der Waals surface area contributed by atoms with Gasteiger partial charge in [-0.3, -0.25) is 5.10 Å². The highest BCUT2D eigenvalue weighted by atomic mass is 32.2. The van der Waals surface area contributed by atoms with Crippen LogP contribution in [0.5, 0.6) is 0 Å². The average Bonchev–Trinajstić information content (AvgIpc) is 2.93. The summed E-state index contributed by atoms with van der Waals surface area (Å²) in [7, 11) is -3.75. The molecule has 0 radical (unpaired) electrons. The Morgan fingerprint density at radius 2 is 1.95 bits per heavy atom. The molecule has 8 nitrogen and oxygen atoms in total. The zero-order valence-electron chi connectivity index (χ0n) is 10.6. The molecule has 0 aliphatic carbocycles. The normalized spacial score (nSPS) is 11.5. The summed E-state index contributed by atoms with van der Waals surface area (Å²) in [5.74, 6) is -0.0383. The second-order valence-corrected chi connectivity index (χ2v) is 5.41. The van der Waals surface area contributed by atoms with E-state index in [-0.39, 0.29) is 11.0 Å². The Balaban J connectivity index is 2.29. The van der Waals surface area contributed by atoms with Crippen molar-refractivity contribution in [1.29, 1.82) is 0 Å². The highest BCUT2D eigenvalue weighted by molar-refractivity contribution is 7.92. The molecular formula is C10H14N6O2S. The molecule has 0 atom stereocenters. The van der Waals surface area contributed by atoms with Gasteiger partial charge in [-0.05, 0) is 18.9 Å². The molecule has 2 rings (SSSR count). The SMILES string of the molecule is CCc1nnc(NS(=O)(=O)c2ccn[nH]2)nc1CC. The van der Waals surface area contributed by atoms with Crippen molar-refractivity contribution >= 4 is 16.0 Å². The molecule has 2 aromatic rings. The van der Waals surface area contributed by atoms with Crippen LogP contribution >= 0.6 is 0 Å². The number of sulfonamides is 1. The fourth-order valence-electron chi connectivity index (χ4n) is 1.55. The summed E-state index contributed by atoms with van der Waals surface area (Å²) < 4.78 is 26.1. The van der Waals surface area contributed by atoms with Gasteiger partial charge in [-0.1, -0.05) is 13.8 Å². The number of aryl methyl sites for hydroxylation is 2. The van der Waals surface area contributed by atoms with Crippen LogP contribution in [0.25, 0.3) is 0 Å². The molecule has 102 valence electrons. The Labute approximate surface area is 110 Å². The van der Waals surface area contributed by atoms with Gasteiger partial charge >= 0.3 is 0 Å². The minimum Gasteiger partial charge on any atom is -0.266 e. The minimum absolute atomic E-state index is 0.0383. The van der Waals surface area contributed by atoms with Gasteiger partial charge in [-0.15, -0.1) is 10.2 Å². The maximum Gasteiger partial charge on any atom is 0.281 e. The summed E-state index contributed by atoms with van der Waals surface area (Å²) in [6.45, 7) is 3.87. The Morgan fingerprint density at radius 1 is 1.21 bits per heavy atom. The van der Waals surface area contributed by atoms with Crippen LogP contribution in [0, 0.1) is 0 Å². The number of hydrogen-bond donors (Lipinski definition) is 2. The predicted octanol–water partition coefficient (Wildman–Crippen LogP) is 0.520. The second kappa shape index (κ2) is 5.31. The molecule has 0 fully saturated rings. The second-order valence-electron chi connectivity index (χ2n) is 3.76. The molecule has 0 aliphatic rings. The van der Waals surface area contributed by atoms with Crippen molar-refractivity contribution in [3.05, 3.63) is 23.7 Å². The Hall–Kier alpha value is -2.03. The zero-order chi connectivity index (χ0) is 13.9. The van der Waals surface area contributed by atoms with E-state index in [1.165, 1.54) is 12.3 Å². The molecule has 9 heteroatoms. The monoisotopic (exact) mass is 282 g/mol. The summed E-state index contributed by atoms with van der Waals surface area (Å²) >= 11 is 0. The summed E-state index contributed by atoms with van der Waals surface area (Å²) in [6, 6.07) is 1.34. The molecule has 0 saturated heterocycles. The van der Waals surface area contributed by atoms with E-state index in [0.29, 0.717) is 12.8 Å². The van der Waals surface area contributed by atoms with E-state index in [2.05, 4.69) is 30.1 Å². The lowest BCUT2D eigenvalue weighted by molar-refractivity contribution is 0.596. The van der Waals surface area contributed by atoms with Crippen LogP contribution in [0.2, 0.25) is 0 Å². The van der Waals surface area contributed by atoms with Crippen LogP contribution in [0.3, 0.4) is 0 Å². The first kappa shape index (κ1) is 13.4. The number of aromatic amines is 1. The largest absolute Gasteiger partial charge is 0.281 e. The van der Waals surface area contributed by atoms with Crippen LogP contribution in [0.15, 0.2) is 17.3 Å². The van der Waals surface area contributed by atoms with Gasteiger partial charge in [0.05, 0.1) is 17.6 Å². The molecule has 0 bridgehead atoms. The Morgan fingerprint density at radius 3 is 2.53 bits per heavy atom. The van der Waals surface area contributed by atoms with Gasteiger partial charge < -0.3 is 0 Å². The zero-order valence-corrected chi connectivity index (χ0v) is 11.4. The fourth-order valence-corrected chi connectivity index (χ4v) is 2.40. The molecular weight excluding hydrogens is 268 g/mol. The van der Waals surface area contributed by atoms with Crippen molar-refractivity contribution in [3.63, 3.8) is 0 Å². The molecule has 2 aromatic heterocycles. The lowest BCUT2D eigenvalue weighted by atomic mass is 10.2. The molecule has 0 saturated carbocycles. The van der Waals surface area contributed by atoms with Gasteiger partial charge in [0.2, 0.25) is 0 Å². The van der Waals surface area contributed by atoms with Crippen LogP contribution in [0.1, 0.15) is 25.2 Å². The molecule has 2 N–H and O–H groups in total.